The summed E-state index contributed by atoms with van der Waals surface area (Å²) in [5, 5.41) is 3.71. The van der Waals surface area contributed by atoms with Crippen molar-refractivity contribution >= 4 is 21.7 Å². The van der Waals surface area contributed by atoms with Gasteiger partial charge in [0, 0.05) is 35.2 Å². The van der Waals surface area contributed by atoms with E-state index in [2.05, 4.69) is 47.4 Å². The van der Waals surface area contributed by atoms with Crippen LogP contribution in [0.4, 0.5) is 0 Å². The Balaban J connectivity index is 1.95. The maximum atomic E-state index is 4.92. The van der Waals surface area contributed by atoms with Crippen molar-refractivity contribution in [2.24, 2.45) is 0 Å². The Bertz CT molecular complexity index is 1010. The average molecular weight is 268 g/mol. The van der Waals surface area contributed by atoms with Gasteiger partial charge in [0.05, 0.1) is 11.2 Å². The van der Waals surface area contributed by atoms with Gasteiger partial charge in [-0.15, -0.1) is 0 Å². The smallest absolute Gasteiger partial charge is 0.0751 e. The Morgan fingerprint density at radius 2 is 1.71 bits per heavy atom. The number of pyridine rings is 2. The van der Waals surface area contributed by atoms with Gasteiger partial charge in [0.15, 0.2) is 0 Å². The van der Waals surface area contributed by atoms with E-state index >= 15 is 0 Å². The van der Waals surface area contributed by atoms with E-state index in [-0.39, 0.29) is 0 Å². The molecule has 21 heavy (non-hydrogen) atoms. The third-order valence-electron chi connectivity index (χ3n) is 4.30. The summed E-state index contributed by atoms with van der Waals surface area (Å²) < 4.78 is 0. The highest BCUT2D eigenvalue weighted by atomic mass is 14.7. The zero-order valence-corrected chi connectivity index (χ0v) is 11.4. The topological polar surface area (TPSA) is 25.8 Å². The second-order valence-corrected chi connectivity index (χ2v) is 5.57. The minimum absolute atomic E-state index is 0.911. The Labute approximate surface area is 122 Å². The molecule has 2 aromatic heterocycles. The Morgan fingerprint density at radius 3 is 2.71 bits per heavy atom. The molecule has 2 heteroatoms. The highest BCUT2D eigenvalue weighted by Gasteiger charge is 2.20. The number of aromatic nitrogens is 2. The first kappa shape index (κ1) is 11.0. The molecule has 0 N–H and O–H groups in total. The summed E-state index contributed by atoms with van der Waals surface area (Å²) in [6.45, 7) is 0. The van der Waals surface area contributed by atoms with Crippen molar-refractivity contribution in [1.29, 1.82) is 0 Å². The van der Waals surface area contributed by atoms with E-state index < -0.39 is 0 Å². The lowest BCUT2D eigenvalue weighted by Gasteiger charge is -2.20. The third kappa shape index (κ3) is 1.47. The molecule has 0 saturated heterocycles. The zero-order valence-electron chi connectivity index (χ0n) is 11.4. The molecular formula is C19H12N2. The van der Waals surface area contributed by atoms with Crippen LogP contribution in [0.1, 0.15) is 11.1 Å². The van der Waals surface area contributed by atoms with Crippen molar-refractivity contribution in [3.8, 4) is 11.3 Å². The van der Waals surface area contributed by atoms with E-state index in [4.69, 9.17) is 4.98 Å². The first-order chi connectivity index (χ1) is 10.4. The molecule has 0 unspecified atom stereocenters. The van der Waals surface area contributed by atoms with Gasteiger partial charge in [0.1, 0.15) is 0 Å². The molecule has 1 aliphatic rings. The lowest BCUT2D eigenvalue weighted by molar-refractivity contribution is 1.14. The minimum Gasteiger partial charge on any atom is -0.264 e. The fraction of sp³-hybridized carbons (Fsp3) is 0.0526. The van der Waals surface area contributed by atoms with Crippen molar-refractivity contribution in [2.75, 3.05) is 0 Å². The summed E-state index contributed by atoms with van der Waals surface area (Å²) in [7, 11) is 0. The molecule has 0 aliphatic heterocycles. The predicted molar refractivity (Wildman–Crippen MR) is 85.3 cm³/mol. The van der Waals surface area contributed by atoms with Crippen LogP contribution in [0, 0.1) is 0 Å². The second-order valence-electron chi connectivity index (χ2n) is 5.57. The molecule has 0 amide bonds. The minimum atomic E-state index is 0.911. The summed E-state index contributed by atoms with van der Waals surface area (Å²) >= 11 is 0. The monoisotopic (exact) mass is 268 g/mol. The fourth-order valence-corrected chi connectivity index (χ4v) is 3.37. The molecule has 0 saturated carbocycles. The van der Waals surface area contributed by atoms with Crippen LogP contribution in [0.15, 0.2) is 60.9 Å². The fourth-order valence-electron chi connectivity index (χ4n) is 3.37. The molecule has 0 radical (unpaired) electrons. The zero-order chi connectivity index (χ0) is 13.8. The first-order valence-corrected chi connectivity index (χ1v) is 7.15. The van der Waals surface area contributed by atoms with E-state index in [1.54, 1.807) is 0 Å². The average Bonchev–Trinajstić information content (AvgIpc) is 2.54. The van der Waals surface area contributed by atoms with Gasteiger partial charge in [0.25, 0.3) is 0 Å². The molecule has 4 aromatic rings. The molecule has 98 valence electrons. The van der Waals surface area contributed by atoms with Gasteiger partial charge in [-0.3, -0.25) is 4.98 Å². The van der Waals surface area contributed by atoms with Gasteiger partial charge in [-0.05, 0) is 28.6 Å². The summed E-state index contributed by atoms with van der Waals surface area (Å²) in [6.07, 6.45) is 4.84. The molecule has 2 aromatic carbocycles. The number of fused-ring (bicyclic) bond motifs is 3. The largest absolute Gasteiger partial charge is 0.264 e. The number of nitrogens with zero attached hydrogens (tertiary/aromatic N) is 2. The number of hydrogen-bond acceptors (Lipinski definition) is 2. The first-order valence-electron chi connectivity index (χ1n) is 7.15. The van der Waals surface area contributed by atoms with E-state index in [0.717, 1.165) is 17.6 Å². The van der Waals surface area contributed by atoms with Gasteiger partial charge in [-0.1, -0.05) is 36.4 Å². The van der Waals surface area contributed by atoms with Crippen LogP contribution < -0.4 is 0 Å². The van der Waals surface area contributed by atoms with Crippen LogP contribution >= 0.6 is 0 Å². The number of benzene rings is 2. The van der Waals surface area contributed by atoms with Gasteiger partial charge in [0.2, 0.25) is 0 Å². The maximum absolute atomic E-state index is 4.92. The quantitative estimate of drug-likeness (QED) is 0.417. The number of hydrogen-bond donors (Lipinski definition) is 0. The third-order valence-corrected chi connectivity index (χ3v) is 4.30. The van der Waals surface area contributed by atoms with Crippen molar-refractivity contribution in [3.63, 3.8) is 0 Å². The normalized spacial score (nSPS) is 12.6. The molecular weight excluding hydrogens is 256 g/mol. The molecule has 0 spiro atoms. The summed E-state index contributed by atoms with van der Waals surface area (Å²) in [6, 6.07) is 17.0. The molecule has 0 fully saturated rings. The van der Waals surface area contributed by atoms with Crippen molar-refractivity contribution < 1.29 is 0 Å². The Kier molecular flexibility index (Phi) is 2.03. The van der Waals surface area contributed by atoms with Gasteiger partial charge < -0.3 is 0 Å². The lowest BCUT2D eigenvalue weighted by atomic mass is 9.87. The molecule has 1 aliphatic carbocycles. The van der Waals surface area contributed by atoms with E-state index in [9.17, 15) is 0 Å². The van der Waals surface area contributed by atoms with E-state index in [1.807, 2.05) is 18.5 Å². The number of para-hydroxylation sites is 1. The van der Waals surface area contributed by atoms with Crippen molar-refractivity contribution in [3.05, 3.63) is 72.1 Å². The van der Waals surface area contributed by atoms with Gasteiger partial charge in [-0.2, -0.15) is 0 Å². The van der Waals surface area contributed by atoms with Crippen LogP contribution in [-0.2, 0) is 6.42 Å². The highest BCUT2D eigenvalue weighted by molar-refractivity contribution is 6.01. The van der Waals surface area contributed by atoms with Crippen LogP contribution in [0.3, 0.4) is 0 Å². The Morgan fingerprint density at radius 1 is 0.810 bits per heavy atom. The van der Waals surface area contributed by atoms with E-state index in [1.165, 1.54) is 32.8 Å². The van der Waals surface area contributed by atoms with Gasteiger partial charge >= 0.3 is 0 Å². The lowest BCUT2D eigenvalue weighted by Crippen LogP contribution is -2.04. The van der Waals surface area contributed by atoms with Crippen molar-refractivity contribution in [1.82, 2.24) is 9.97 Å². The standard InChI is InChI=1S/C19H12N2/c1-2-7-17-12(4-1)8-14-9-15-11-20-10-13-5-3-6-16(18(13)15)19(14)21-17/h1-8,10-11H,9H2. The SMILES string of the molecule is c1ccc2nc3c(cc2c1)Cc1cncc2cccc-3c12. The van der Waals surface area contributed by atoms with Crippen molar-refractivity contribution in [2.45, 2.75) is 6.42 Å². The maximum Gasteiger partial charge on any atom is 0.0751 e. The summed E-state index contributed by atoms with van der Waals surface area (Å²) in [5.41, 5.74) is 6.01. The Hall–Kier alpha value is -2.74. The van der Waals surface area contributed by atoms with Crippen LogP contribution in [-0.4, -0.2) is 9.97 Å². The summed E-state index contributed by atoms with van der Waals surface area (Å²) in [4.78, 5) is 9.29. The van der Waals surface area contributed by atoms with Crippen LogP contribution in [0.25, 0.3) is 32.9 Å². The van der Waals surface area contributed by atoms with E-state index in [0.29, 0.717) is 0 Å². The predicted octanol–water partition coefficient (Wildman–Crippen LogP) is 4.35. The number of rotatable bonds is 0. The van der Waals surface area contributed by atoms with Crippen LogP contribution in [0.2, 0.25) is 0 Å². The molecule has 0 atom stereocenters. The van der Waals surface area contributed by atoms with Crippen LogP contribution in [0.5, 0.6) is 0 Å². The second kappa shape index (κ2) is 3.89. The summed E-state index contributed by atoms with van der Waals surface area (Å²) in [5.74, 6) is 0. The van der Waals surface area contributed by atoms with Gasteiger partial charge in [-0.25, -0.2) is 4.98 Å². The molecule has 0 bridgehead atoms. The highest BCUT2D eigenvalue weighted by Crippen LogP contribution is 2.38. The molecule has 2 nitrogen and oxygen atoms in total. The molecule has 2 heterocycles. The molecule has 5 rings (SSSR count).